The molecule has 0 aliphatic carbocycles. The number of hydrogen-bond donors (Lipinski definition) is 3. The van der Waals surface area contributed by atoms with Gasteiger partial charge in [0.05, 0.1) is 30.6 Å². The minimum atomic E-state index is -5.04. The van der Waals surface area contributed by atoms with E-state index in [1.165, 1.54) is 36.2 Å². The summed E-state index contributed by atoms with van der Waals surface area (Å²) in [7, 11) is -5.04. The van der Waals surface area contributed by atoms with E-state index in [4.69, 9.17) is 30.2 Å². The standard InChI is InChI=1S/C28H30BrClN3O10P/c1-28(2,33(21-10-8-20(30)9-11-21)40-16-18-6-4-3-5-7-18)26(36)43-44(38,39)41-17-23-22(34)14-24(42-23)32-15-19(12-13-29)25(35)31-27(32)37/h3-13,15,22-24,34H,14,16-17H2,1-2H3,(H,38,39)(H,31,35,37)/b13-12+/t22-,23+,24+/m0/s1. The summed E-state index contributed by atoms with van der Waals surface area (Å²) < 4.78 is 29.5. The second-order valence-corrected chi connectivity index (χ2v) is 12.6. The predicted octanol–water partition coefficient (Wildman–Crippen LogP) is 4.28. The average molecular weight is 715 g/mol. The van der Waals surface area contributed by atoms with Crippen molar-refractivity contribution in [3.8, 4) is 0 Å². The molecule has 0 amide bonds. The van der Waals surface area contributed by atoms with Gasteiger partial charge >= 0.3 is 19.5 Å². The van der Waals surface area contributed by atoms with E-state index in [0.717, 1.165) is 10.1 Å². The molecular weight excluding hydrogens is 685 g/mol. The fourth-order valence-electron chi connectivity index (χ4n) is 4.28. The van der Waals surface area contributed by atoms with Gasteiger partial charge in [0.2, 0.25) is 0 Å². The number of hydrogen-bond acceptors (Lipinski definition) is 10. The number of H-pyrrole nitrogens is 1. The molecule has 0 spiro atoms. The summed E-state index contributed by atoms with van der Waals surface area (Å²) in [5.74, 6) is -1.15. The van der Waals surface area contributed by atoms with Crippen molar-refractivity contribution < 1.29 is 38.0 Å². The van der Waals surface area contributed by atoms with Crippen LogP contribution < -0.4 is 16.3 Å². The third-order valence-corrected chi connectivity index (χ3v) is 8.01. The van der Waals surface area contributed by atoms with Gasteiger partial charge in [-0.15, -0.1) is 0 Å². The zero-order valence-electron chi connectivity index (χ0n) is 23.5. The van der Waals surface area contributed by atoms with E-state index in [1.807, 2.05) is 30.3 Å². The van der Waals surface area contributed by atoms with Crippen LogP contribution in [-0.2, 0) is 34.6 Å². The molecule has 1 aromatic heterocycles. The van der Waals surface area contributed by atoms with Crippen LogP contribution in [0.2, 0.25) is 5.02 Å². The number of carbonyl (C=O) groups is 1. The molecule has 3 aromatic rings. The molecule has 1 unspecified atom stereocenters. The molecule has 1 aliphatic heterocycles. The van der Waals surface area contributed by atoms with Crippen molar-refractivity contribution >= 4 is 53.1 Å². The quantitative estimate of drug-likeness (QED) is 0.181. The largest absolute Gasteiger partial charge is 0.529 e. The number of benzene rings is 2. The molecule has 44 heavy (non-hydrogen) atoms. The van der Waals surface area contributed by atoms with Gasteiger partial charge < -0.3 is 14.4 Å². The number of phosphoric acid groups is 1. The van der Waals surface area contributed by atoms with Gasteiger partial charge in [-0.1, -0.05) is 57.9 Å². The fourth-order valence-corrected chi connectivity index (χ4v) is 5.51. The van der Waals surface area contributed by atoms with Crippen molar-refractivity contribution in [2.45, 2.75) is 50.8 Å². The topological polar surface area (TPSA) is 170 Å². The Morgan fingerprint density at radius 2 is 1.91 bits per heavy atom. The van der Waals surface area contributed by atoms with Crippen LogP contribution in [0.15, 0.2) is 75.4 Å². The first kappa shape index (κ1) is 33.8. The molecule has 2 heterocycles. The summed E-state index contributed by atoms with van der Waals surface area (Å²) in [6, 6.07) is 15.6. The van der Waals surface area contributed by atoms with Gasteiger partial charge in [-0.25, -0.2) is 19.2 Å². The Morgan fingerprint density at radius 1 is 1.23 bits per heavy atom. The van der Waals surface area contributed by atoms with E-state index in [2.05, 4.69) is 20.9 Å². The number of rotatable bonds is 12. The van der Waals surface area contributed by atoms with Crippen molar-refractivity contribution in [1.29, 1.82) is 0 Å². The molecule has 1 fully saturated rings. The van der Waals surface area contributed by atoms with Gasteiger partial charge in [-0.05, 0) is 54.7 Å². The summed E-state index contributed by atoms with van der Waals surface area (Å²) >= 11 is 9.09. The molecule has 1 saturated heterocycles. The lowest BCUT2D eigenvalue weighted by Crippen LogP contribution is -2.51. The van der Waals surface area contributed by atoms with E-state index < -0.39 is 55.6 Å². The van der Waals surface area contributed by atoms with E-state index >= 15 is 0 Å². The number of hydroxylamine groups is 1. The number of aromatic amines is 1. The number of carbonyl (C=O) groups excluding carboxylic acids is 1. The third kappa shape index (κ3) is 8.34. The van der Waals surface area contributed by atoms with Crippen LogP contribution in [0.5, 0.6) is 0 Å². The SMILES string of the molecule is CC(C)(C(=O)OP(=O)(O)OC[C@H]1O[C@@H](n2cc(/C=C/Br)c(=O)[nH]c2=O)C[C@@H]1O)N(OCc1ccccc1)c1ccc(Cl)cc1. The van der Waals surface area contributed by atoms with Gasteiger partial charge in [0.1, 0.15) is 12.3 Å². The van der Waals surface area contributed by atoms with Gasteiger partial charge in [-0.3, -0.25) is 28.6 Å². The van der Waals surface area contributed by atoms with Crippen molar-refractivity contribution in [3.63, 3.8) is 0 Å². The number of halogens is 2. The molecule has 2 aromatic carbocycles. The van der Waals surface area contributed by atoms with E-state index in [-0.39, 0.29) is 18.6 Å². The molecule has 1 aliphatic rings. The van der Waals surface area contributed by atoms with Gasteiger partial charge in [-0.2, -0.15) is 0 Å². The minimum Gasteiger partial charge on any atom is -0.390 e. The average Bonchev–Trinajstić information content (AvgIpc) is 3.34. The highest BCUT2D eigenvalue weighted by Crippen LogP contribution is 2.46. The Hall–Kier alpha value is -3.07. The number of aliphatic hydroxyl groups is 1. The molecule has 13 nitrogen and oxygen atoms in total. The van der Waals surface area contributed by atoms with E-state index in [1.54, 1.807) is 24.3 Å². The lowest BCUT2D eigenvalue weighted by Gasteiger charge is -2.37. The summed E-state index contributed by atoms with van der Waals surface area (Å²) in [5.41, 5.74) is -1.67. The molecule has 236 valence electrons. The Morgan fingerprint density at radius 3 is 2.57 bits per heavy atom. The van der Waals surface area contributed by atoms with Crippen LogP contribution in [-0.4, -0.2) is 49.9 Å². The monoisotopic (exact) mass is 713 g/mol. The number of phosphoric ester groups is 1. The summed E-state index contributed by atoms with van der Waals surface area (Å²) in [4.78, 5) is 57.6. The molecule has 0 bridgehead atoms. The van der Waals surface area contributed by atoms with Crippen LogP contribution in [0, 0.1) is 0 Å². The van der Waals surface area contributed by atoms with E-state index in [9.17, 15) is 28.9 Å². The van der Waals surface area contributed by atoms with Gasteiger partial charge in [0.25, 0.3) is 5.56 Å². The lowest BCUT2D eigenvalue weighted by molar-refractivity contribution is -0.145. The Bertz CT molecular complexity index is 1650. The maximum absolute atomic E-state index is 13.3. The molecular formula is C28H30BrClN3O10P. The second-order valence-electron chi connectivity index (χ2n) is 10.2. The minimum absolute atomic E-state index is 0.0673. The molecule has 16 heteroatoms. The predicted molar refractivity (Wildman–Crippen MR) is 165 cm³/mol. The zero-order valence-corrected chi connectivity index (χ0v) is 26.8. The molecule has 4 atom stereocenters. The summed E-state index contributed by atoms with van der Waals surface area (Å²) in [5, 5.41) is 12.2. The number of aromatic nitrogens is 2. The van der Waals surface area contributed by atoms with Crippen molar-refractivity contribution in [1.82, 2.24) is 9.55 Å². The Kier molecular flexibility index (Phi) is 11.0. The first-order valence-electron chi connectivity index (χ1n) is 13.2. The number of nitrogens with zero attached hydrogens (tertiary/aromatic N) is 2. The van der Waals surface area contributed by atoms with Gasteiger partial charge in [0.15, 0.2) is 5.54 Å². The van der Waals surface area contributed by atoms with Crippen LogP contribution in [0.25, 0.3) is 6.08 Å². The number of ether oxygens (including phenoxy) is 1. The first-order chi connectivity index (χ1) is 20.8. The van der Waals surface area contributed by atoms with Crippen LogP contribution in [0.1, 0.15) is 37.6 Å². The number of nitrogens with one attached hydrogen (secondary N) is 1. The van der Waals surface area contributed by atoms with Crippen molar-refractivity contribution in [3.05, 3.63) is 103 Å². The summed E-state index contributed by atoms with van der Waals surface area (Å²) in [6.45, 7) is 2.28. The van der Waals surface area contributed by atoms with E-state index in [0.29, 0.717) is 10.7 Å². The summed E-state index contributed by atoms with van der Waals surface area (Å²) in [6.07, 6.45) is -0.811. The highest BCUT2D eigenvalue weighted by molar-refractivity contribution is 9.11. The number of anilines is 1. The van der Waals surface area contributed by atoms with Crippen molar-refractivity contribution in [2.24, 2.45) is 0 Å². The number of aliphatic hydroxyl groups excluding tert-OH is 1. The molecule has 3 N–H and O–H groups in total. The normalized spacial score (nSPS) is 20.0. The maximum Gasteiger partial charge on any atom is 0.529 e. The van der Waals surface area contributed by atoms with Gasteiger partial charge in [0, 0.05) is 17.6 Å². The fraction of sp³-hybridized carbons (Fsp3) is 0.321. The highest BCUT2D eigenvalue weighted by Gasteiger charge is 2.44. The Balaban J connectivity index is 1.43. The second kappa shape index (κ2) is 14.4. The Labute approximate surface area is 265 Å². The maximum atomic E-state index is 13.3. The third-order valence-electron chi connectivity index (χ3n) is 6.62. The van der Waals surface area contributed by atoms with Crippen molar-refractivity contribution in [2.75, 3.05) is 11.7 Å². The highest BCUT2D eigenvalue weighted by atomic mass is 79.9. The zero-order chi connectivity index (χ0) is 32.1. The van der Waals surface area contributed by atoms with Crippen LogP contribution >= 0.6 is 35.4 Å². The van der Waals surface area contributed by atoms with Crippen LogP contribution in [0.3, 0.4) is 0 Å². The first-order valence-corrected chi connectivity index (χ1v) is 16.0. The molecule has 0 radical (unpaired) electrons. The smallest absolute Gasteiger partial charge is 0.390 e. The molecule has 0 saturated carbocycles. The van der Waals surface area contributed by atoms with Crippen LogP contribution in [0.4, 0.5) is 5.69 Å². The lowest BCUT2D eigenvalue weighted by atomic mass is 10.0. The molecule has 4 rings (SSSR count).